The Morgan fingerprint density at radius 1 is 1.07 bits per heavy atom. The predicted octanol–water partition coefficient (Wildman–Crippen LogP) is -2.55. The highest BCUT2D eigenvalue weighted by Crippen LogP contribution is 2.25. The van der Waals surface area contributed by atoms with E-state index in [0.29, 0.717) is 11.6 Å². The zero-order valence-corrected chi connectivity index (χ0v) is 12.7. The quantitative estimate of drug-likeness (QED) is 0.292. The van der Waals surface area contributed by atoms with Crippen LogP contribution >= 0.6 is 0 Å². The van der Waals surface area contributed by atoms with Crippen molar-refractivity contribution in [2.24, 2.45) is 0 Å². The fraction of sp³-hybridized carbons (Fsp3) is 1.00. The number of hydroxylamine groups is 3. The number of hydrogen-bond acceptors (Lipinski definition) is 3. The molecule has 0 heterocycles. The normalized spacial score (nSPS) is 12.6. The van der Waals surface area contributed by atoms with Crippen molar-refractivity contribution < 1.29 is 31.9 Å². The van der Waals surface area contributed by atoms with Crippen molar-refractivity contribution >= 4 is 10.2 Å². The second-order valence-corrected chi connectivity index (χ2v) is 6.90. The smallest absolute Gasteiger partial charge is 0.178 e. The number of rotatable bonds is 6. The lowest BCUT2D eigenvalue weighted by Gasteiger charge is -2.28. The molecule has 0 amide bonds. The van der Waals surface area contributed by atoms with E-state index >= 15 is 0 Å². The maximum Gasteiger partial charge on any atom is 0.178 e. The van der Waals surface area contributed by atoms with E-state index in [0.717, 1.165) is 16.7 Å². The third-order valence-corrected chi connectivity index (χ3v) is 2.47. The maximum absolute atomic E-state index is 5.14. The molecule has 0 aromatic heterocycles. The minimum absolute atomic E-state index is 0. The molecule has 0 aromatic carbocycles. The SMILES string of the molecule is CO[N+](CCC(C)(C)[SiH3])(OC)OC.[Cl-]. The molecule has 6 heteroatoms. The summed E-state index contributed by atoms with van der Waals surface area (Å²) >= 11 is 0. The second kappa shape index (κ2) is 6.76. The van der Waals surface area contributed by atoms with E-state index < -0.39 is 0 Å². The summed E-state index contributed by atoms with van der Waals surface area (Å²) in [6.45, 7) is 5.17. The molecule has 0 aliphatic carbocycles. The zero-order valence-electron chi connectivity index (χ0n) is 9.96. The Bertz CT molecular complexity index is 140. The van der Waals surface area contributed by atoms with Crippen LogP contribution in [0.5, 0.6) is 0 Å². The standard InChI is InChI=1S/C8H22NO3Si.ClH/c1-8(2,13)6-7-9(10-3,11-4)12-5;/h6-7H2,1-5,13H3;1H/q+1;/p-1. The van der Waals surface area contributed by atoms with Crippen LogP contribution in [-0.2, 0) is 14.5 Å². The van der Waals surface area contributed by atoms with Gasteiger partial charge in [-0.3, -0.25) is 0 Å². The van der Waals surface area contributed by atoms with Gasteiger partial charge in [-0.05, 0) is 5.04 Å². The summed E-state index contributed by atoms with van der Waals surface area (Å²) in [5, 5.41) is 0.388. The summed E-state index contributed by atoms with van der Waals surface area (Å²) in [6.07, 6.45) is 1.02. The summed E-state index contributed by atoms with van der Waals surface area (Å²) in [5.74, 6) is 0. The van der Waals surface area contributed by atoms with E-state index in [4.69, 9.17) is 14.5 Å². The Morgan fingerprint density at radius 2 is 1.43 bits per heavy atom. The van der Waals surface area contributed by atoms with E-state index in [2.05, 4.69) is 13.8 Å². The number of nitrogens with zero attached hydrogens (tertiary/aromatic N) is 1. The summed E-state index contributed by atoms with van der Waals surface area (Å²) in [4.78, 5) is 15.2. The molecule has 0 aliphatic heterocycles. The number of halogens is 1. The molecule has 4 nitrogen and oxygen atoms in total. The first-order chi connectivity index (χ1) is 5.89. The van der Waals surface area contributed by atoms with Gasteiger partial charge in [0.15, 0.2) is 6.54 Å². The first kappa shape index (κ1) is 16.8. The van der Waals surface area contributed by atoms with Gasteiger partial charge in [-0.1, -0.05) is 13.8 Å². The second-order valence-electron chi connectivity index (χ2n) is 4.19. The molecule has 0 bridgehead atoms. The summed E-state index contributed by atoms with van der Waals surface area (Å²) in [5.41, 5.74) is 0. The fourth-order valence-corrected chi connectivity index (χ4v) is 1.19. The van der Waals surface area contributed by atoms with Crippen LogP contribution in [0.4, 0.5) is 0 Å². The van der Waals surface area contributed by atoms with Crippen LogP contribution in [0.3, 0.4) is 0 Å². The van der Waals surface area contributed by atoms with Crippen molar-refractivity contribution in [2.45, 2.75) is 25.3 Å². The molecule has 0 saturated heterocycles. The first-order valence-electron chi connectivity index (χ1n) is 4.44. The van der Waals surface area contributed by atoms with Gasteiger partial charge in [-0.2, -0.15) is 0 Å². The molecule has 0 aliphatic rings. The molecule has 0 rings (SSSR count). The monoisotopic (exact) mass is 243 g/mol. The molecule has 0 N–H and O–H groups in total. The van der Waals surface area contributed by atoms with Crippen LogP contribution in [0, 0.1) is 0 Å². The Morgan fingerprint density at radius 3 is 1.64 bits per heavy atom. The van der Waals surface area contributed by atoms with Gasteiger partial charge in [0.1, 0.15) is 21.3 Å². The van der Waals surface area contributed by atoms with Gasteiger partial charge >= 0.3 is 0 Å². The van der Waals surface area contributed by atoms with E-state index in [1.54, 1.807) is 21.3 Å². The van der Waals surface area contributed by atoms with Crippen molar-refractivity contribution in [3.05, 3.63) is 0 Å². The zero-order chi connectivity index (χ0) is 10.5. The van der Waals surface area contributed by atoms with Crippen LogP contribution in [0.15, 0.2) is 0 Å². The molecule has 0 saturated carbocycles. The lowest BCUT2D eigenvalue weighted by Crippen LogP contribution is -3.00. The van der Waals surface area contributed by atoms with Crippen molar-refractivity contribution in [1.82, 2.24) is 0 Å². The third-order valence-electron chi connectivity index (χ3n) is 1.97. The van der Waals surface area contributed by atoms with Gasteiger partial charge in [0, 0.05) is 16.7 Å². The first-order valence-corrected chi connectivity index (χ1v) is 5.44. The van der Waals surface area contributed by atoms with Gasteiger partial charge in [-0.25, -0.2) is 0 Å². The molecule has 14 heavy (non-hydrogen) atoms. The Hall–Kier alpha value is 0.347. The van der Waals surface area contributed by atoms with Crippen LogP contribution in [0.1, 0.15) is 20.3 Å². The minimum atomic E-state index is -0.189. The molecule has 0 radical (unpaired) electrons. The average molecular weight is 244 g/mol. The van der Waals surface area contributed by atoms with Gasteiger partial charge < -0.3 is 12.4 Å². The van der Waals surface area contributed by atoms with E-state index in [-0.39, 0.29) is 17.4 Å². The summed E-state index contributed by atoms with van der Waals surface area (Å²) < 4.78 is 0. The number of quaternary nitrogens is 1. The van der Waals surface area contributed by atoms with Crippen molar-refractivity contribution in [1.29, 1.82) is 0 Å². The molecule has 0 unspecified atom stereocenters. The topological polar surface area (TPSA) is 27.7 Å². The average Bonchev–Trinajstić information content (AvgIpc) is 2.06. The molecule has 0 fully saturated rings. The summed E-state index contributed by atoms with van der Waals surface area (Å²) in [6, 6.07) is 0. The third kappa shape index (κ3) is 5.95. The molecular weight excluding hydrogens is 222 g/mol. The van der Waals surface area contributed by atoms with E-state index in [1.165, 1.54) is 0 Å². The Balaban J connectivity index is 0. The van der Waals surface area contributed by atoms with Crippen LogP contribution in [-0.4, -0.2) is 43.1 Å². The largest absolute Gasteiger partial charge is 1.00 e. The lowest BCUT2D eigenvalue weighted by molar-refractivity contribution is -1.36. The van der Waals surface area contributed by atoms with Crippen molar-refractivity contribution in [3.63, 3.8) is 0 Å². The van der Waals surface area contributed by atoms with Crippen LogP contribution in [0.2, 0.25) is 5.04 Å². The predicted molar refractivity (Wildman–Crippen MR) is 54.8 cm³/mol. The van der Waals surface area contributed by atoms with Gasteiger partial charge in [0.25, 0.3) is 0 Å². The van der Waals surface area contributed by atoms with Crippen molar-refractivity contribution in [2.75, 3.05) is 27.9 Å². The molecule has 0 atom stereocenters. The Kier molecular flexibility index (Phi) is 8.10. The van der Waals surface area contributed by atoms with Crippen LogP contribution in [0.25, 0.3) is 0 Å². The maximum atomic E-state index is 5.14. The Labute approximate surface area is 95.8 Å². The fourth-order valence-electron chi connectivity index (χ4n) is 0.970. The highest BCUT2D eigenvalue weighted by atomic mass is 35.5. The highest BCUT2D eigenvalue weighted by molar-refractivity contribution is 6.14. The van der Waals surface area contributed by atoms with Crippen molar-refractivity contribution in [3.8, 4) is 0 Å². The van der Waals surface area contributed by atoms with E-state index in [9.17, 15) is 0 Å². The van der Waals surface area contributed by atoms with Crippen LogP contribution < -0.4 is 12.4 Å². The van der Waals surface area contributed by atoms with Gasteiger partial charge in [0.05, 0.1) is 4.97 Å². The molecule has 0 spiro atoms. The number of hydrogen-bond donors (Lipinski definition) is 0. The minimum Gasteiger partial charge on any atom is -1.00 e. The highest BCUT2D eigenvalue weighted by Gasteiger charge is 2.32. The lowest BCUT2D eigenvalue weighted by atomic mass is 10.1. The molecule has 88 valence electrons. The van der Waals surface area contributed by atoms with Gasteiger partial charge in [0.2, 0.25) is 0 Å². The summed E-state index contributed by atoms with van der Waals surface area (Å²) in [7, 11) is 5.88. The van der Waals surface area contributed by atoms with Gasteiger partial charge in [-0.15, -0.1) is 14.5 Å². The molecular formula is C8H22ClNO3Si. The van der Waals surface area contributed by atoms with E-state index in [1.807, 2.05) is 0 Å². The molecule has 0 aromatic rings.